The third-order valence-corrected chi connectivity index (χ3v) is 4.13. The Hall–Kier alpha value is -2.27. The van der Waals surface area contributed by atoms with Crippen LogP contribution in [0.15, 0.2) is 47.7 Å². The Labute approximate surface area is 142 Å². The molecule has 0 aromatic heterocycles. The zero-order valence-corrected chi connectivity index (χ0v) is 13.8. The molecule has 0 saturated heterocycles. The lowest BCUT2D eigenvalue weighted by atomic mass is 9.83. The van der Waals surface area contributed by atoms with Gasteiger partial charge in [-0.15, -0.1) is 0 Å². The molecule has 0 N–H and O–H groups in total. The fraction of sp³-hybridized carbons (Fsp3) is 0.167. The van der Waals surface area contributed by atoms with Crippen molar-refractivity contribution in [2.75, 3.05) is 7.05 Å². The molecule has 2 nitrogen and oxygen atoms in total. The summed E-state index contributed by atoms with van der Waals surface area (Å²) >= 11 is 5.91. The van der Waals surface area contributed by atoms with Crippen LogP contribution in [-0.4, -0.2) is 17.8 Å². The Kier molecular flexibility index (Phi) is 4.37. The van der Waals surface area contributed by atoms with Crippen LogP contribution >= 0.6 is 11.6 Å². The van der Waals surface area contributed by atoms with Gasteiger partial charge in [0.1, 0.15) is 17.5 Å². The van der Waals surface area contributed by atoms with E-state index in [1.165, 1.54) is 0 Å². The molecule has 6 heteroatoms. The first-order valence-corrected chi connectivity index (χ1v) is 7.64. The second-order valence-electron chi connectivity index (χ2n) is 5.62. The van der Waals surface area contributed by atoms with E-state index in [2.05, 4.69) is 5.10 Å². The predicted molar refractivity (Wildman–Crippen MR) is 89.4 cm³/mol. The molecule has 2 aromatic carbocycles. The fourth-order valence-electron chi connectivity index (χ4n) is 2.91. The second kappa shape index (κ2) is 6.32. The van der Waals surface area contributed by atoms with Crippen molar-refractivity contribution in [2.24, 2.45) is 5.10 Å². The number of rotatable bonds is 2. The first kappa shape index (κ1) is 16.6. The number of hydrazone groups is 1. The maximum Gasteiger partial charge on any atom is 0.133 e. The lowest BCUT2D eigenvalue weighted by Crippen LogP contribution is -2.23. The van der Waals surface area contributed by atoms with Crippen LogP contribution in [0.3, 0.4) is 0 Å². The van der Waals surface area contributed by atoms with Crippen molar-refractivity contribution >= 4 is 22.9 Å². The van der Waals surface area contributed by atoms with Crippen LogP contribution in [0, 0.1) is 17.5 Å². The zero-order chi connectivity index (χ0) is 17.4. The molecule has 0 fully saturated rings. The van der Waals surface area contributed by atoms with Gasteiger partial charge in [0.2, 0.25) is 0 Å². The molecule has 0 spiro atoms. The van der Waals surface area contributed by atoms with Gasteiger partial charge in [0.15, 0.2) is 0 Å². The normalized spacial score (nSPS) is 17.6. The van der Waals surface area contributed by atoms with E-state index < -0.39 is 23.4 Å². The number of halogens is 4. The second-order valence-corrected chi connectivity index (χ2v) is 6.06. The van der Waals surface area contributed by atoms with E-state index in [4.69, 9.17) is 11.6 Å². The van der Waals surface area contributed by atoms with Crippen molar-refractivity contribution in [3.05, 3.63) is 76.2 Å². The molecule has 124 valence electrons. The van der Waals surface area contributed by atoms with Crippen molar-refractivity contribution in [1.82, 2.24) is 5.01 Å². The molecule has 1 heterocycles. The zero-order valence-electron chi connectivity index (χ0n) is 13.0. The van der Waals surface area contributed by atoms with Gasteiger partial charge >= 0.3 is 0 Å². The van der Waals surface area contributed by atoms with Gasteiger partial charge in [-0.2, -0.15) is 5.10 Å². The highest BCUT2D eigenvalue weighted by Gasteiger charge is 2.30. The molecule has 24 heavy (non-hydrogen) atoms. The topological polar surface area (TPSA) is 15.6 Å². The molecule has 2 aromatic rings. The quantitative estimate of drug-likeness (QED) is 0.726. The van der Waals surface area contributed by atoms with Crippen molar-refractivity contribution in [2.45, 2.75) is 12.8 Å². The van der Waals surface area contributed by atoms with E-state index in [-0.39, 0.29) is 5.56 Å². The Morgan fingerprint density at radius 2 is 1.62 bits per heavy atom. The van der Waals surface area contributed by atoms with Crippen LogP contribution in [-0.2, 0) is 0 Å². The van der Waals surface area contributed by atoms with Crippen LogP contribution in [0.25, 0.3) is 5.57 Å². The third-order valence-electron chi connectivity index (χ3n) is 3.88. The summed E-state index contributed by atoms with van der Waals surface area (Å²) in [6, 6.07) is 8.31. The monoisotopic (exact) mass is 350 g/mol. The molecular weight excluding hydrogens is 337 g/mol. The maximum atomic E-state index is 14.3. The van der Waals surface area contributed by atoms with Gasteiger partial charge in [-0.05, 0) is 30.2 Å². The van der Waals surface area contributed by atoms with Gasteiger partial charge in [0.05, 0.1) is 5.92 Å². The highest BCUT2D eigenvalue weighted by Crippen LogP contribution is 2.39. The highest BCUT2D eigenvalue weighted by molar-refractivity contribution is 6.30. The summed E-state index contributed by atoms with van der Waals surface area (Å²) < 4.78 is 41.9. The Bertz CT molecular complexity index is 821. The van der Waals surface area contributed by atoms with Crippen molar-refractivity contribution in [3.63, 3.8) is 0 Å². The van der Waals surface area contributed by atoms with Gasteiger partial charge in [-0.1, -0.05) is 23.7 Å². The van der Waals surface area contributed by atoms with Crippen molar-refractivity contribution < 1.29 is 13.2 Å². The molecule has 1 unspecified atom stereocenters. The summed E-state index contributed by atoms with van der Waals surface area (Å²) in [6.07, 6.45) is 1.70. The number of hydrogen-bond donors (Lipinski definition) is 0. The number of hydrogen-bond acceptors (Lipinski definition) is 2. The molecular formula is C18H14ClF3N2. The van der Waals surface area contributed by atoms with E-state index in [1.807, 2.05) is 0 Å². The van der Waals surface area contributed by atoms with Gasteiger partial charge in [0.25, 0.3) is 0 Å². The molecule has 1 atom stereocenters. The molecule has 0 radical (unpaired) electrons. The highest BCUT2D eigenvalue weighted by atomic mass is 35.5. The van der Waals surface area contributed by atoms with Crippen LogP contribution in [0.5, 0.6) is 0 Å². The molecule has 0 saturated carbocycles. The molecule has 0 amide bonds. The summed E-state index contributed by atoms with van der Waals surface area (Å²) in [5.41, 5.74) is 1.71. The van der Waals surface area contributed by atoms with Crippen molar-refractivity contribution in [1.29, 1.82) is 0 Å². The summed E-state index contributed by atoms with van der Waals surface area (Å²) in [6.45, 7) is 1.69. The third kappa shape index (κ3) is 3.04. The Morgan fingerprint density at radius 3 is 2.21 bits per heavy atom. The van der Waals surface area contributed by atoms with Crippen LogP contribution in [0.1, 0.15) is 24.0 Å². The van der Waals surface area contributed by atoms with E-state index in [9.17, 15) is 13.2 Å². The number of allylic oxidation sites excluding steroid dienone is 1. The van der Waals surface area contributed by atoms with Gasteiger partial charge in [-0.25, -0.2) is 13.2 Å². The molecule has 0 aliphatic carbocycles. The van der Waals surface area contributed by atoms with Gasteiger partial charge in [-0.3, -0.25) is 5.01 Å². The Balaban J connectivity index is 2.18. The van der Waals surface area contributed by atoms with Crippen LogP contribution in [0.4, 0.5) is 13.2 Å². The van der Waals surface area contributed by atoms with E-state index >= 15 is 0 Å². The van der Waals surface area contributed by atoms with E-state index in [0.717, 1.165) is 5.56 Å². The standard InChI is InChI=1S/C18H14ClF3N2/c1-10-17(18-15(21)7-13(20)8-16(18)22)14(9-24(2)23-10)11-3-5-12(19)6-4-11/h3-9,17H,1-2H3. The van der Waals surface area contributed by atoms with Gasteiger partial charge < -0.3 is 0 Å². The smallest absolute Gasteiger partial charge is 0.133 e. The maximum absolute atomic E-state index is 14.3. The van der Waals surface area contributed by atoms with E-state index in [1.54, 1.807) is 49.4 Å². The molecule has 0 bridgehead atoms. The number of benzene rings is 2. The first-order valence-electron chi connectivity index (χ1n) is 7.27. The predicted octanol–water partition coefficient (Wildman–Crippen LogP) is 5.20. The fourth-order valence-corrected chi connectivity index (χ4v) is 3.04. The Morgan fingerprint density at radius 1 is 1.04 bits per heavy atom. The summed E-state index contributed by atoms with van der Waals surface area (Å²) in [7, 11) is 1.73. The molecule has 1 aliphatic heterocycles. The minimum Gasteiger partial charge on any atom is -0.276 e. The average Bonchev–Trinajstić information content (AvgIpc) is 2.49. The van der Waals surface area contributed by atoms with Crippen molar-refractivity contribution in [3.8, 4) is 0 Å². The SMILES string of the molecule is CC1=NN(C)C=C(c2ccc(Cl)cc2)C1c1c(F)cc(F)cc1F. The molecule has 3 rings (SSSR count). The summed E-state index contributed by atoms with van der Waals surface area (Å²) in [5.74, 6) is -3.57. The van der Waals surface area contributed by atoms with Gasteiger partial charge in [0, 0.05) is 41.7 Å². The number of nitrogens with zero attached hydrogens (tertiary/aromatic N) is 2. The van der Waals surface area contributed by atoms with Crippen LogP contribution < -0.4 is 0 Å². The summed E-state index contributed by atoms with van der Waals surface area (Å²) in [4.78, 5) is 0. The minimum atomic E-state index is -0.951. The van der Waals surface area contributed by atoms with Crippen LogP contribution in [0.2, 0.25) is 5.02 Å². The lowest BCUT2D eigenvalue weighted by molar-refractivity contribution is 0.475. The van der Waals surface area contributed by atoms with E-state index in [0.29, 0.717) is 28.4 Å². The average molecular weight is 351 g/mol. The molecule has 1 aliphatic rings. The lowest BCUT2D eigenvalue weighted by Gasteiger charge is -2.28. The summed E-state index contributed by atoms with van der Waals surface area (Å²) in [5, 5.41) is 6.40. The minimum absolute atomic E-state index is 0.216. The first-order chi connectivity index (χ1) is 11.4. The largest absolute Gasteiger partial charge is 0.276 e.